The Labute approximate surface area is 155 Å². The molecular formula is C20H28N4O2. The maximum Gasteiger partial charge on any atom is 0.317 e. The van der Waals surface area contributed by atoms with Crippen LogP contribution in [0, 0.1) is 0 Å². The number of morpholine rings is 1. The number of rotatable bonds is 6. The Balaban J connectivity index is 1.53. The lowest BCUT2D eigenvalue weighted by molar-refractivity contribution is 0.0162. The van der Waals surface area contributed by atoms with Crippen molar-refractivity contribution in [1.29, 1.82) is 0 Å². The highest BCUT2D eigenvalue weighted by molar-refractivity contribution is 5.78. The monoisotopic (exact) mass is 356 g/mol. The fourth-order valence-corrected chi connectivity index (χ4v) is 3.33. The van der Waals surface area contributed by atoms with Gasteiger partial charge in [0.05, 0.1) is 31.0 Å². The SMILES string of the molecule is CCC(CNC(=O)N(C)Cc1ccc2ccccc2n1)N1CCOCC1. The van der Waals surface area contributed by atoms with Gasteiger partial charge in [-0.05, 0) is 18.6 Å². The number of aromatic nitrogens is 1. The number of hydrogen-bond donors (Lipinski definition) is 1. The van der Waals surface area contributed by atoms with Crippen LogP contribution in [-0.2, 0) is 11.3 Å². The highest BCUT2D eigenvalue weighted by Crippen LogP contribution is 2.13. The molecule has 1 aromatic carbocycles. The fourth-order valence-electron chi connectivity index (χ4n) is 3.33. The van der Waals surface area contributed by atoms with Crippen LogP contribution in [0.5, 0.6) is 0 Å². The second-order valence-electron chi connectivity index (χ2n) is 6.75. The summed E-state index contributed by atoms with van der Waals surface area (Å²) in [5.74, 6) is 0. The lowest BCUT2D eigenvalue weighted by Crippen LogP contribution is -2.50. The Kier molecular flexibility index (Phi) is 6.41. The molecule has 26 heavy (non-hydrogen) atoms. The van der Waals surface area contributed by atoms with Crippen LogP contribution in [0.15, 0.2) is 36.4 Å². The lowest BCUT2D eigenvalue weighted by Gasteiger charge is -2.34. The summed E-state index contributed by atoms with van der Waals surface area (Å²) in [5.41, 5.74) is 1.85. The molecule has 1 N–H and O–H groups in total. The van der Waals surface area contributed by atoms with E-state index < -0.39 is 0 Å². The number of pyridine rings is 1. The minimum absolute atomic E-state index is 0.0633. The van der Waals surface area contributed by atoms with Crippen LogP contribution >= 0.6 is 0 Å². The number of carbonyl (C=O) groups is 1. The summed E-state index contributed by atoms with van der Waals surface area (Å²) in [5, 5.41) is 4.18. The molecule has 2 amide bonds. The minimum Gasteiger partial charge on any atom is -0.379 e. The van der Waals surface area contributed by atoms with E-state index in [4.69, 9.17) is 4.74 Å². The van der Waals surface area contributed by atoms with Crippen LogP contribution in [0.25, 0.3) is 10.9 Å². The first kappa shape index (κ1) is 18.6. The zero-order valence-electron chi connectivity index (χ0n) is 15.6. The molecule has 1 saturated heterocycles. The number of hydrogen-bond acceptors (Lipinski definition) is 4. The van der Waals surface area contributed by atoms with E-state index >= 15 is 0 Å². The van der Waals surface area contributed by atoms with E-state index in [2.05, 4.69) is 28.2 Å². The molecular weight excluding hydrogens is 328 g/mol. The molecule has 140 valence electrons. The van der Waals surface area contributed by atoms with E-state index in [0.717, 1.165) is 49.3 Å². The number of ether oxygens (including phenoxy) is 1. The molecule has 1 fully saturated rings. The lowest BCUT2D eigenvalue weighted by atomic mass is 10.2. The van der Waals surface area contributed by atoms with E-state index in [-0.39, 0.29) is 6.03 Å². The number of urea groups is 1. The van der Waals surface area contributed by atoms with Crippen molar-refractivity contribution < 1.29 is 9.53 Å². The van der Waals surface area contributed by atoms with E-state index in [9.17, 15) is 4.79 Å². The summed E-state index contributed by atoms with van der Waals surface area (Å²) in [7, 11) is 1.81. The van der Waals surface area contributed by atoms with Gasteiger partial charge in [-0.15, -0.1) is 0 Å². The summed E-state index contributed by atoms with van der Waals surface area (Å²) in [6, 6.07) is 12.3. The molecule has 0 saturated carbocycles. The largest absolute Gasteiger partial charge is 0.379 e. The molecule has 0 radical (unpaired) electrons. The smallest absolute Gasteiger partial charge is 0.317 e. The van der Waals surface area contributed by atoms with E-state index in [1.807, 2.05) is 37.4 Å². The third-order valence-electron chi connectivity index (χ3n) is 4.92. The molecule has 1 atom stereocenters. The average molecular weight is 356 g/mol. The van der Waals surface area contributed by atoms with Crippen LogP contribution in [0.4, 0.5) is 4.79 Å². The normalized spacial score (nSPS) is 16.4. The molecule has 6 nitrogen and oxygen atoms in total. The first-order chi connectivity index (χ1) is 12.7. The molecule has 1 aliphatic rings. The van der Waals surface area contributed by atoms with Gasteiger partial charge in [-0.3, -0.25) is 9.88 Å². The second kappa shape index (κ2) is 8.96. The number of nitrogens with one attached hydrogen (secondary N) is 1. The highest BCUT2D eigenvalue weighted by atomic mass is 16.5. The van der Waals surface area contributed by atoms with E-state index in [0.29, 0.717) is 19.1 Å². The van der Waals surface area contributed by atoms with Gasteiger partial charge in [-0.2, -0.15) is 0 Å². The Morgan fingerprint density at radius 3 is 2.81 bits per heavy atom. The number of nitrogens with zero attached hydrogens (tertiary/aromatic N) is 3. The van der Waals surface area contributed by atoms with Crippen LogP contribution < -0.4 is 5.32 Å². The van der Waals surface area contributed by atoms with Crippen LogP contribution in [0.1, 0.15) is 19.0 Å². The molecule has 0 spiro atoms. The van der Waals surface area contributed by atoms with Gasteiger partial charge in [0.25, 0.3) is 0 Å². The van der Waals surface area contributed by atoms with Gasteiger partial charge in [0.2, 0.25) is 0 Å². The standard InChI is InChI=1S/C20H28N4O2/c1-3-18(24-10-12-26-13-11-24)14-21-20(25)23(2)15-17-9-8-16-6-4-5-7-19(16)22-17/h4-9,18H,3,10-15H2,1-2H3,(H,21,25). The van der Waals surface area contributed by atoms with Crippen molar-refractivity contribution in [1.82, 2.24) is 20.1 Å². The first-order valence-corrected chi connectivity index (χ1v) is 9.33. The number of fused-ring (bicyclic) bond motifs is 1. The Morgan fingerprint density at radius 2 is 2.04 bits per heavy atom. The summed E-state index contributed by atoms with van der Waals surface area (Å²) in [6.07, 6.45) is 1.01. The zero-order chi connectivity index (χ0) is 18.4. The van der Waals surface area contributed by atoms with Crippen molar-refractivity contribution in [3.8, 4) is 0 Å². The first-order valence-electron chi connectivity index (χ1n) is 9.33. The molecule has 6 heteroatoms. The number of benzene rings is 1. The molecule has 0 aliphatic carbocycles. The Bertz CT molecular complexity index is 731. The van der Waals surface area contributed by atoms with Crippen molar-refractivity contribution in [2.75, 3.05) is 39.9 Å². The average Bonchev–Trinajstić information content (AvgIpc) is 2.69. The number of para-hydroxylation sites is 1. The van der Waals surface area contributed by atoms with Crippen molar-refractivity contribution >= 4 is 16.9 Å². The molecule has 0 bridgehead atoms. The number of amides is 2. The zero-order valence-corrected chi connectivity index (χ0v) is 15.6. The van der Waals surface area contributed by atoms with Gasteiger partial charge in [0.1, 0.15) is 0 Å². The molecule has 2 heterocycles. The number of carbonyl (C=O) groups excluding carboxylic acids is 1. The van der Waals surface area contributed by atoms with Gasteiger partial charge in [-0.25, -0.2) is 4.79 Å². The summed E-state index contributed by atoms with van der Waals surface area (Å²) < 4.78 is 5.41. The maximum absolute atomic E-state index is 12.5. The molecule has 1 unspecified atom stereocenters. The summed E-state index contributed by atoms with van der Waals surface area (Å²) >= 11 is 0. The minimum atomic E-state index is -0.0633. The fraction of sp³-hybridized carbons (Fsp3) is 0.500. The van der Waals surface area contributed by atoms with Crippen molar-refractivity contribution in [3.05, 3.63) is 42.1 Å². The predicted molar refractivity (Wildman–Crippen MR) is 103 cm³/mol. The summed E-state index contributed by atoms with van der Waals surface area (Å²) in [6.45, 7) is 6.73. The van der Waals surface area contributed by atoms with Gasteiger partial charge < -0.3 is 15.0 Å². The topological polar surface area (TPSA) is 57.7 Å². The van der Waals surface area contributed by atoms with Crippen LogP contribution in [-0.4, -0.2) is 66.8 Å². The second-order valence-corrected chi connectivity index (χ2v) is 6.75. The molecule has 1 aromatic heterocycles. The van der Waals surface area contributed by atoms with E-state index in [1.54, 1.807) is 4.90 Å². The van der Waals surface area contributed by atoms with E-state index in [1.165, 1.54) is 0 Å². The summed E-state index contributed by atoms with van der Waals surface area (Å²) in [4.78, 5) is 21.2. The third-order valence-corrected chi connectivity index (χ3v) is 4.92. The Morgan fingerprint density at radius 1 is 1.27 bits per heavy atom. The van der Waals surface area contributed by atoms with Crippen molar-refractivity contribution in [2.24, 2.45) is 0 Å². The Hall–Kier alpha value is -2.18. The quantitative estimate of drug-likeness (QED) is 0.864. The van der Waals surface area contributed by atoms with Crippen LogP contribution in [0.3, 0.4) is 0 Å². The molecule has 1 aliphatic heterocycles. The van der Waals surface area contributed by atoms with Gasteiger partial charge in [0.15, 0.2) is 0 Å². The van der Waals surface area contributed by atoms with Crippen molar-refractivity contribution in [3.63, 3.8) is 0 Å². The van der Waals surface area contributed by atoms with Gasteiger partial charge in [0, 0.05) is 38.1 Å². The van der Waals surface area contributed by atoms with Crippen molar-refractivity contribution in [2.45, 2.75) is 25.9 Å². The van der Waals surface area contributed by atoms with Gasteiger partial charge >= 0.3 is 6.03 Å². The predicted octanol–water partition coefficient (Wildman–Crippen LogP) is 2.49. The third kappa shape index (κ3) is 4.71. The maximum atomic E-state index is 12.5. The highest BCUT2D eigenvalue weighted by Gasteiger charge is 2.20. The van der Waals surface area contributed by atoms with Crippen LogP contribution in [0.2, 0.25) is 0 Å². The molecule has 2 aromatic rings. The molecule has 3 rings (SSSR count). The van der Waals surface area contributed by atoms with Gasteiger partial charge in [-0.1, -0.05) is 31.2 Å².